The third-order valence-corrected chi connectivity index (χ3v) is 3.87. The molecular formula is C15H22FNO2. The standard InChI is InChI=1S/C15H22FNO2/c1-11(9-17-8-7-12(10-17)19-2)15(18)13-5-3-4-6-14(13)16/h3-6,11-12,15,18H,7-10H2,1-2H3. The molecule has 1 aromatic rings. The minimum atomic E-state index is -0.761. The van der Waals surface area contributed by atoms with Crippen LogP contribution in [0.1, 0.15) is 25.0 Å². The molecule has 3 unspecified atom stereocenters. The van der Waals surface area contributed by atoms with Gasteiger partial charge in [-0.05, 0) is 18.4 Å². The number of likely N-dealkylation sites (tertiary alicyclic amines) is 1. The summed E-state index contributed by atoms with van der Waals surface area (Å²) in [6, 6.07) is 6.44. The minimum absolute atomic E-state index is 0.00694. The lowest BCUT2D eigenvalue weighted by atomic mass is 9.96. The van der Waals surface area contributed by atoms with E-state index in [4.69, 9.17) is 4.74 Å². The van der Waals surface area contributed by atoms with E-state index < -0.39 is 6.10 Å². The molecule has 1 N–H and O–H groups in total. The number of hydrogen-bond donors (Lipinski definition) is 1. The van der Waals surface area contributed by atoms with Gasteiger partial charge >= 0.3 is 0 Å². The maximum Gasteiger partial charge on any atom is 0.129 e. The molecule has 0 saturated carbocycles. The molecule has 1 aromatic carbocycles. The van der Waals surface area contributed by atoms with Gasteiger partial charge < -0.3 is 14.7 Å². The Labute approximate surface area is 114 Å². The molecular weight excluding hydrogens is 245 g/mol. The van der Waals surface area contributed by atoms with Crippen LogP contribution in [0.2, 0.25) is 0 Å². The molecule has 0 bridgehead atoms. The Kier molecular flexibility index (Phi) is 4.91. The molecule has 1 heterocycles. The van der Waals surface area contributed by atoms with Gasteiger partial charge in [-0.1, -0.05) is 25.1 Å². The first-order valence-corrected chi connectivity index (χ1v) is 6.79. The second-order valence-corrected chi connectivity index (χ2v) is 5.35. The van der Waals surface area contributed by atoms with E-state index in [1.165, 1.54) is 6.07 Å². The zero-order chi connectivity index (χ0) is 13.8. The summed E-state index contributed by atoms with van der Waals surface area (Å²) in [5.41, 5.74) is 0.387. The maximum atomic E-state index is 13.6. The monoisotopic (exact) mass is 267 g/mol. The Morgan fingerprint density at radius 3 is 2.84 bits per heavy atom. The average molecular weight is 267 g/mol. The third kappa shape index (κ3) is 3.53. The summed E-state index contributed by atoms with van der Waals surface area (Å²) in [6.45, 7) is 4.59. The second-order valence-electron chi connectivity index (χ2n) is 5.35. The van der Waals surface area contributed by atoms with Gasteiger partial charge in [0.05, 0.1) is 12.2 Å². The molecule has 0 spiro atoms. The number of rotatable bonds is 5. The first-order valence-electron chi connectivity index (χ1n) is 6.79. The normalized spacial score (nSPS) is 23.5. The SMILES string of the molecule is COC1CCN(CC(C)C(O)c2ccccc2F)C1. The molecule has 2 rings (SSSR count). The largest absolute Gasteiger partial charge is 0.388 e. The number of nitrogens with zero attached hydrogens (tertiary/aromatic N) is 1. The summed E-state index contributed by atoms with van der Waals surface area (Å²) in [6.07, 6.45) is 0.555. The van der Waals surface area contributed by atoms with Crippen molar-refractivity contribution in [3.8, 4) is 0 Å². The Morgan fingerprint density at radius 1 is 1.47 bits per heavy atom. The van der Waals surface area contributed by atoms with Gasteiger partial charge in [0.25, 0.3) is 0 Å². The lowest BCUT2D eigenvalue weighted by Crippen LogP contribution is -2.30. The van der Waals surface area contributed by atoms with Crippen molar-refractivity contribution in [3.05, 3.63) is 35.6 Å². The number of methoxy groups -OCH3 is 1. The van der Waals surface area contributed by atoms with Crippen LogP contribution >= 0.6 is 0 Å². The van der Waals surface area contributed by atoms with Gasteiger partial charge in [-0.25, -0.2) is 4.39 Å². The van der Waals surface area contributed by atoms with Crippen LogP contribution in [0.4, 0.5) is 4.39 Å². The number of aliphatic hydroxyl groups excluding tert-OH is 1. The number of benzene rings is 1. The summed E-state index contributed by atoms with van der Waals surface area (Å²) < 4.78 is 19.0. The molecule has 1 aliphatic heterocycles. The number of hydrogen-bond acceptors (Lipinski definition) is 3. The van der Waals surface area contributed by atoms with Gasteiger partial charge in [0, 0.05) is 32.3 Å². The Morgan fingerprint density at radius 2 is 2.21 bits per heavy atom. The highest BCUT2D eigenvalue weighted by atomic mass is 19.1. The van der Waals surface area contributed by atoms with E-state index in [1.54, 1.807) is 25.3 Å². The summed E-state index contributed by atoms with van der Waals surface area (Å²) in [5, 5.41) is 10.3. The first-order chi connectivity index (χ1) is 9.11. The van der Waals surface area contributed by atoms with Crippen LogP contribution in [-0.2, 0) is 4.74 Å². The lowest BCUT2D eigenvalue weighted by Gasteiger charge is -2.25. The Hall–Kier alpha value is -0.970. The molecule has 4 heteroatoms. The number of aliphatic hydroxyl groups is 1. The molecule has 3 atom stereocenters. The van der Waals surface area contributed by atoms with Crippen molar-refractivity contribution in [1.82, 2.24) is 4.90 Å². The van der Waals surface area contributed by atoms with Gasteiger partial charge in [0.2, 0.25) is 0 Å². The van der Waals surface area contributed by atoms with Gasteiger partial charge in [-0.15, -0.1) is 0 Å². The van der Waals surface area contributed by atoms with Crippen molar-refractivity contribution < 1.29 is 14.2 Å². The van der Waals surface area contributed by atoms with E-state index in [0.717, 1.165) is 26.1 Å². The van der Waals surface area contributed by atoms with Gasteiger partial charge in [0.15, 0.2) is 0 Å². The fourth-order valence-corrected chi connectivity index (χ4v) is 2.68. The van der Waals surface area contributed by atoms with Crippen molar-refractivity contribution in [1.29, 1.82) is 0 Å². The fraction of sp³-hybridized carbons (Fsp3) is 0.600. The van der Waals surface area contributed by atoms with Gasteiger partial charge in [-0.3, -0.25) is 0 Å². The van der Waals surface area contributed by atoms with E-state index in [0.29, 0.717) is 5.56 Å². The van der Waals surface area contributed by atoms with E-state index >= 15 is 0 Å². The average Bonchev–Trinajstić information content (AvgIpc) is 2.86. The van der Waals surface area contributed by atoms with E-state index in [-0.39, 0.29) is 17.8 Å². The molecule has 19 heavy (non-hydrogen) atoms. The van der Waals surface area contributed by atoms with Crippen LogP contribution in [0.15, 0.2) is 24.3 Å². The van der Waals surface area contributed by atoms with Crippen molar-refractivity contribution >= 4 is 0 Å². The molecule has 0 amide bonds. The number of halogens is 1. The first kappa shape index (κ1) is 14.4. The van der Waals surface area contributed by atoms with E-state index in [2.05, 4.69) is 4.90 Å². The Balaban J connectivity index is 1.93. The Bertz CT molecular complexity index is 413. The molecule has 0 aliphatic carbocycles. The highest BCUT2D eigenvalue weighted by Gasteiger charge is 2.26. The molecule has 1 saturated heterocycles. The van der Waals surface area contributed by atoms with Gasteiger partial charge in [0.1, 0.15) is 5.82 Å². The third-order valence-electron chi connectivity index (χ3n) is 3.87. The van der Waals surface area contributed by atoms with Crippen LogP contribution in [-0.4, -0.2) is 42.9 Å². The summed E-state index contributed by atoms with van der Waals surface area (Å²) in [5.74, 6) is -0.342. The molecule has 1 aliphatic rings. The summed E-state index contributed by atoms with van der Waals surface area (Å²) >= 11 is 0. The van der Waals surface area contributed by atoms with Crippen LogP contribution < -0.4 is 0 Å². The highest BCUT2D eigenvalue weighted by Crippen LogP contribution is 2.26. The zero-order valence-electron chi connectivity index (χ0n) is 11.6. The van der Waals surface area contributed by atoms with Gasteiger partial charge in [-0.2, -0.15) is 0 Å². The summed E-state index contributed by atoms with van der Waals surface area (Å²) in [7, 11) is 1.73. The van der Waals surface area contributed by atoms with Crippen molar-refractivity contribution in [2.75, 3.05) is 26.7 Å². The maximum absolute atomic E-state index is 13.6. The smallest absolute Gasteiger partial charge is 0.129 e. The van der Waals surface area contributed by atoms with Crippen LogP contribution in [0.5, 0.6) is 0 Å². The summed E-state index contributed by atoms with van der Waals surface area (Å²) in [4.78, 5) is 2.27. The zero-order valence-corrected chi connectivity index (χ0v) is 11.6. The van der Waals surface area contributed by atoms with E-state index in [9.17, 15) is 9.50 Å². The highest BCUT2D eigenvalue weighted by molar-refractivity contribution is 5.20. The predicted octanol–water partition coefficient (Wildman–Crippen LogP) is 2.22. The fourth-order valence-electron chi connectivity index (χ4n) is 2.68. The quantitative estimate of drug-likeness (QED) is 0.888. The lowest BCUT2D eigenvalue weighted by molar-refractivity contribution is 0.0780. The minimum Gasteiger partial charge on any atom is -0.388 e. The van der Waals surface area contributed by atoms with Crippen LogP contribution in [0.25, 0.3) is 0 Å². The van der Waals surface area contributed by atoms with Crippen molar-refractivity contribution in [2.24, 2.45) is 5.92 Å². The number of ether oxygens (including phenoxy) is 1. The molecule has 0 radical (unpaired) electrons. The van der Waals surface area contributed by atoms with Crippen molar-refractivity contribution in [2.45, 2.75) is 25.6 Å². The van der Waals surface area contributed by atoms with Crippen molar-refractivity contribution in [3.63, 3.8) is 0 Å². The molecule has 0 aromatic heterocycles. The van der Waals surface area contributed by atoms with Crippen LogP contribution in [0, 0.1) is 11.7 Å². The predicted molar refractivity (Wildman–Crippen MR) is 72.4 cm³/mol. The topological polar surface area (TPSA) is 32.7 Å². The van der Waals surface area contributed by atoms with E-state index in [1.807, 2.05) is 6.92 Å². The second kappa shape index (κ2) is 6.46. The molecule has 1 fully saturated rings. The molecule has 106 valence electrons. The molecule has 3 nitrogen and oxygen atoms in total. The van der Waals surface area contributed by atoms with Crippen LogP contribution in [0.3, 0.4) is 0 Å².